The zero-order valence-corrected chi connectivity index (χ0v) is 29.2. The average Bonchev–Trinajstić information content (AvgIpc) is 3.40. The standard InChI is InChI=1S/C29H32Cl2F6N4O6S2/c1-4-27(49(45,46)47)41-24-14-18(29(35,36)37)20(31)16-23(24)39(6-3)26(41)10-7-9-25-38(5-2)22-15-19(30)17(28(32,33)34)13-21(22)40(25)11-8-12-48(42,43)44/h7,9-10,13-16,26-27H,4-6,8,11-12H2,1-3H3,(H,42,43,44)(H,45,46,47)/b10-7+,25-9+. The fourth-order valence-electron chi connectivity index (χ4n) is 6.23. The number of hydrogen-bond acceptors (Lipinski definition) is 9. The van der Waals surface area contributed by atoms with E-state index < -0.39 is 71.1 Å². The molecule has 4 rings (SSSR count). The van der Waals surface area contributed by atoms with Crippen LogP contribution in [0.1, 0.15) is 46.2 Å². The number of hydrogen-bond donors (Lipinski definition) is 1. The van der Waals surface area contributed by atoms with Crippen LogP contribution >= 0.6 is 23.2 Å². The summed E-state index contributed by atoms with van der Waals surface area (Å²) in [6, 6.07) is 3.69. The van der Waals surface area contributed by atoms with Gasteiger partial charge in [-0.2, -0.15) is 26.3 Å². The highest BCUT2D eigenvalue weighted by Gasteiger charge is 2.47. The van der Waals surface area contributed by atoms with Crippen LogP contribution in [0.25, 0.3) is 0 Å². The molecule has 3 atom stereocenters. The lowest BCUT2D eigenvalue weighted by atomic mass is 10.1. The number of likely N-dealkylation sites (N-methyl/N-ethyl adjacent to an activating group) is 1. The molecule has 3 unspecified atom stereocenters. The van der Waals surface area contributed by atoms with E-state index in [9.17, 15) is 52.3 Å². The molecule has 2 aliphatic rings. The van der Waals surface area contributed by atoms with Crippen molar-refractivity contribution in [3.05, 3.63) is 69.5 Å². The number of alkyl halides is 6. The van der Waals surface area contributed by atoms with Gasteiger partial charge >= 0.3 is 13.8 Å². The third-order valence-corrected chi connectivity index (χ3v) is 10.9. The molecule has 0 saturated carbocycles. The van der Waals surface area contributed by atoms with E-state index in [4.69, 9.17) is 23.2 Å². The maximum Gasteiger partial charge on any atom is 1.00 e. The van der Waals surface area contributed by atoms with Gasteiger partial charge in [-0.05, 0) is 50.6 Å². The summed E-state index contributed by atoms with van der Waals surface area (Å²) in [6.45, 7) is 4.86. The van der Waals surface area contributed by atoms with Crippen molar-refractivity contribution in [1.29, 1.82) is 0 Å². The fourth-order valence-corrected chi connectivity index (χ4v) is 8.23. The summed E-state index contributed by atoms with van der Waals surface area (Å²) >= 11 is 12.0. The monoisotopic (exact) mass is 780 g/mol. The molecule has 0 aromatic heterocycles. The van der Waals surface area contributed by atoms with E-state index >= 15 is 0 Å². The number of quaternary nitrogens is 1. The van der Waals surface area contributed by atoms with E-state index in [1.165, 1.54) is 30.1 Å². The summed E-state index contributed by atoms with van der Waals surface area (Å²) in [7, 11) is -9.74. The number of halogens is 8. The van der Waals surface area contributed by atoms with Gasteiger partial charge in [0, 0.05) is 37.9 Å². The molecule has 2 aromatic carbocycles. The molecule has 10 nitrogen and oxygen atoms in total. The summed E-state index contributed by atoms with van der Waals surface area (Å²) in [5, 5.41) is -2.95. The van der Waals surface area contributed by atoms with Crippen molar-refractivity contribution >= 4 is 66.2 Å². The van der Waals surface area contributed by atoms with Gasteiger partial charge in [0.05, 0.1) is 42.7 Å². The van der Waals surface area contributed by atoms with E-state index in [1.807, 2.05) is 0 Å². The van der Waals surface area contributed by atoms with Crippen LogP contribution < -0.4 is 19.6 Å². The normalized spacial score (nSPS) is 20.1. The molecule has 2 aliphatic heterocycles. The summed E-state index contributed by atoms with van der Waals surface area (Å²) in [5.41, 5.74) is -2.05. The summed E-state index contributed by atoms with van der Waals surface area (Å²) < 4.78 is 154. The topological polar surface area (TPSA) is 129 Å². The van der Waals surface area contributed by atoms with Crippen molar-refractivity contribution in [2.45, 2.75) is 57.5 Å². The lowest BCUT2D eigenvalue weighted by Crippen LogP contribution is -3.15. The number of nitrogens with zero attached hydrogens (tertiary/aromatic N) is 3. The zero-order valence-electron chi connectivity index (χ0n) is 27.1. The molecule has 2 aromatic rings. The van der Waals surface area contributed by atoms with Crippen LogP contribution in [0.3, 0.4) is 0 Å². The first-order valence-electron chi connectivity index (χ1n) is 14.8. The van der Waals surface area contributed by atoms with Gasteiger partial charge in [0.15, 0.2) is 17.2 Å². The van der Waals surface area contributed by atoms with Crippen molar-refractivity contribution in [2.75, 3.05) is 40.1 Å². The highest BCUT2D eigenvalue weighted by Crippen LogP contribution is 2.48. The van der Waals surface area contributed by atoms with Crippen molar-refractivity contribution in [3.8, 4) is 0 Å². The molecule has 0 radical (unpaired) electrons. The molecule has 20 heteroatoms. The Hall–Kier alpha value is -2.74. The molecule has 272 valence electrons. The zero-order chi connectivity index (χ0) is 36.9. The van der Waals surface area contributed by atoms with Crippen LogP contribution in [0.5, 0.6) is 0 Å². The van der Waals surface area contributed by atoms with Gasteiger partial charge in [-0.3, -0.25) is 4.90 Å². The third kappa shape index (κ3) is 8.10. The predicted molar refractivity (Wildman–Crippen MR) is 172 cm³/mol. The Bertz CT molecular complexity index is 1880. The van der Waals surface area contributed by atoms with Crippen molar-refractivity contribution < 1.29 is 58.6 Å². The van der Waals surface area contributed by atoms with E-state index in [2.05, 4.69) is 0 Å². The summed E-state index contributed by atoms with van der Waals surface area (Å²) in [5.74, 6) is -0.568. The van der Waals surface area contributed by atoms with Crippen LogP contribution in [0.4, 0.5) is 49.1 Å². The van der Waals surface area contributed by atoms with Gasteiger partial charge in [0.1, 0.15) is 21.6 Å². The number of benzene rings is 2. The Labute approximate surface area is 291 Å². The van der Waals surface area contributed by atoms with Gasteiger partial charge in [-0.25, -0.2) is 16.8 Å². The third-order valence-electron chi connectivity index (χ3n) is 8.21. The fraction of sp³-hybridized carbons (Fsp3) is 0.448. The van der Waals surface area contributed by atoms with Crippen molar-refractivity contribution in [1.82, 2.24) is 0 Å². The van der Waals surface area contributed by atoms with E-state index in [-0.39, 0.29) is 67.4 Å². The second-order valence-electron chi connectivity index (χ2n) is 11.2. The average molecular weight is 782 g/mol. The number of fused-ring (bicyclic) bond motifs is 2. The smallest absolute Gasteiger partial charge is 0.748 e. The molecule has 0 amide bonds. The van der Waals surface area contributed by atoms with Crippen LogP contribution in [0.2, 0.25) is 10.0 Å². The Balaban J connectivity index is 0.00000676. The highest BCUT2D eigenvalue weighted by molar-refractivity contribution is 7.86. The first-order valence-corrected chi connectivity index (χ1v) is 18.6. The number of nitrogens with one attached hydrogen (secondary N) is 1. The van der Waals surface area contributed by atoms with Gasteiger partial charge < -0.3 is 23.8 Å². The van der Waals surface area contributed by atoms with E-state index in [1.54, 1.807) is 23.6 Å². The minimum atomic E-state index is -5.08. The quantitative estimate of drug-likeness (QED) is 0.223. The minimum absolute atomic E-state index is 0. The highest BCUT2D eigenvalue weighted by atomic mass is 35.5. The van der Waals surface area contributed by atoms with Crippen LogP contribution in [-0.4, -0.2) is 62.9 Å². The molecular formula is C29H32Cl2F6N4O6S2. The van der Waals surface area contributed by atoms with E-state index in [0.29, 0.717) is 0 Å². The number of allylic oxidation sites excluding steroid dienone is 2. The minimum Gasteiger partial charge on any atom is -0.748 e. The van der Waals surface area contributed by atoms with Crippen molar-refractivity contribution in [2.24, 2.45) is 0 Å². The molecule has 0 saturated heterocycles. The number of rotatable bonds is 11. The Kier molecular flexibility index (Phi) is 11.2. The maximum absolute atomic E-state index is 13.9. The maximum atomic E-state index is 13.9. The molecule has 0 bridgehead atoms. The first kappa shape index (κ1) is 39.1. The first-order chi connectivity index (χ1) is 22.5. The molecular weight excluding hydrogens is 749 g/mol. The van der Waals surface area contributed by atoms with Gasteiger partial charge in [0.25, 0.3) is 0 Å². The molecule has 2 heterocycles. The molecule has 49 heavy (non-hydrogen) atoms. The summed E-state index contributed by atoms with van der Waals surface area (Å²) in [4.78, 5) is 4.41. The van der Waals surface area contributed by atoms with E-state index in [0.717, 1.165) is 24.3 Å². The Morgan fingerprint density at radius 1 is 0.878 bits per heavy atom. The van der Waals surface area contributed by atoms with Gasteiger partial charge in [0.2, 0.25) is 0 Å². The molecule has 1 N–H and O–H groups in total. The molecule has 0 spiro atoms. The Morgan fingerprint density at radius 2 is 1.43 bits per heavy atom. The molecule has 0 fully saturated rings. The van der Waals surface area contributed by atoms with Crippen LogP contribution in [0, 0.1) is 0 Å². The van der Waals surface area contributed by atoms with Gasteiger partial charge in [-0.15, -0.1) is 0 Å². The predicted octanol–water partition coefficient (Wildman–Crippen LogP) is 5.79. The van der Waals surface area contributed by atoms with Gasteiger partial charge in [-0.1, -0.05) is 36.2 Å². The largest absolute Gasteiger partial charge is 1.00 e. The summed E-state index contributed by atoms with van der Waals surface area (Å²) in [6.07, 6.45) is -7.02. The van der Waals surface area contributed by atoms with Crippen molar-refractivity contribution in [3.63, 3.8) is 0 Å². The second-order valence-corrected chi connectivity index (χ2v) is 15.1. The van der Waals surface area contributed by atoms with Crippen LogP contribution in [0.15, 0.2) is 48.3 Å². The second kappa shape index (κ2) is 14.1. The Morgan fingerprint density at radius 3 is 1.92 bits per heavy atom. The lowest BCUT2D eigenvalue weighted by Gasteiger charge is -2.32. The number of anilines is 3. The lowest BCUT2D eigenvalue weighted by molar-refractivity contribution is -0.858. The van der Waals surface area contributed by atoms with Crippen LogP contribution in [-0.2, 0) is 32.6 Å². The molecule has 0 aliphatic carbocycles. The SMILES string of the molecule is CCC([NH+]1c2cc(C(F)(F)F)c(Cl)cc2N(CC)C1/C=C/C=C1\N(CC)c2cc(Cl)c(C(F)(F)F)cc2N1CCCS(=O)(=O)[O-])S(=O)(=O)[O-].[H+].